The molecule has 0 N–H and O–H groups in total. The summed E-state index contributed by atoms with van der Waals surface area (Å²) in [7, 11) is 0. The van der Waals surface area contributed by atoms with Gasteiger partial charge in [-0.25, -0.2) is 17.6 Å². The van der Waals surface area contributed by atoms with Crippen LogP contribution in [-0.2, 0) is 6.42 Å². The van der Waals surface area contributed by atoms with Crippen molar-refractivity contribution in [1.29, 1.82) is 0 Å². The molecule has 172 valence electrons. The highest BCUT2D eigenvalue weighted by Gasteiger charge is 2.58. The van der Waals surface area contributed by atoms with Crippen molar-refractivity contribution in [2.75, 3.05) is 11.4 Å². The Hall–Kier alpha value is -3.74. The molecule has 4 heterocycles. The van der Waals surface area contributed by atoms with Crippen LogP contribution in [0.25, 0.3) is 16.7 Å². The molecule has 1 aliphatic carbocycles. The molecule has 0 radical (unpaired) electrons. The summed E-state index contributed by atoms with van der Waals surface area (Å²) in [6.45, 7) is 1.38. The van der Waals surface area contributed by atoms with E-state index in [1.165, 1.54) is 16.8 Å². The molecule has 2 aliphatic rings. The van der Waals surface area contributed by atoms with Gasteiger partial charge < -0.3 is 4.90 Å². The fourth-order valence-corrected chi connectivity index (χ4v) is 4.59. The normalized spacial score (nSPS) is 16.9. The number of aromatic nitrogens is 5. The number of nitrogens with zero attached hydrogens (tertiary/aromatic N) is 6. The van der Waals surface area contributed by atoms with Gasteiger partial charge in [0.1, 0.15) is 12.1 Å². The first-order valence-electron chi connectivity index (χ1n) is 10.9. The number of alkyl halides is 2. The molecule has 6 nitrogen and oxygen atoms in total. The molecule has 0 unspecified atom stereocenters. The third-order valence-corrected chi connectivity index (χ3v) is 6.71. The maximum absolute atomic E-state index is 15.1. The van der Waals surface area contributed by atoms with Gasteiger partial charge in [0.15, 0.2) is 11.6 Å². The lowest BCUT2D eigenvalue weighted by atomic mass is 9.96. The number of hydrogen-bond donors (Lipinski definition) is 0. The smallest absolute Gasteiger partial charge is 0.261 e. The van der Waals surface area contributed by atoms with Gasteiger partial charge in [0.2, 0.25) is 0 Å². The van der Waals surface area contributed by atoms with Gasteiger partial charge in [0, 0.05) is 25.2 Å². The molecule has 0 spiro atoms. The van der Waals surface area contributed by atoms with E-state index in [-0.39, 0.29) is 17.0 Å². The topological polar surface area (TPSA) is 59.2 Å². The van der Waals surface area contributed by atoms with E-state index in [2.05, 4.69) is 32.0 Å². The van der Waals surface area contributed by atoms with E-state index >= 15 is 4.39 Å². The zero-order valence-corrected chi connectivity index (χ0v) is 18.1. The second-order valence-corrected chi connectivity index (χ2v) is 8.85. The standard InChI is InChI=1S/C24H18F4N6/c1-23(27,28)24(8-9-24)7-6-14-11-29-12-18-15(14)3-2-10-33(18)21-19-17(5-4-16(25)20(19)26)34-13-30-32-22(34)31-21/h4-5,11-13H,2-3,8-10H2,1H3. The Morgan fingerprint density at radius 2 is 1.97 bits per heavy atom. The number of benzene rings is 1. The van der Waals surface area contributed by atoms with Gasteiger partial charge in [0.25, 0.3) is 11.7 Å². The first-order valence-corrected chi connectivity index (χ1v) is 10.9. The molecule has 4 aromatic rings. The fraction of sp³-hybridized carbons (Fsp3) is 0.333. The van der Waals surface area contributed by atoms with Crippen molar-refractivity contribution >= 4 is 28.2 Å². The van der Waals surface area contributed by atoms with Crippen molar-refractivity contribution in [3.05, 3.63) is 53.6 Å². The SMILES string of the molecule is CC(F)(F)C1(C#Cc2cncc3c2CCCN3c2nc3nncn3c3ccc(F)c(F)c23)CC1. The minimum Gasteiger partial charge on any atom is -0.324 e. The maximum Gasteiger partial charge on any atom is 0.261 e. The third kappa shape index (κ3) is 3.03. The maximum atomic E-state index is 15.1. The van der Waals surface area contributed by atoms with Crippen LogP contribution >= 0.6 is 0 Å². The molecule has 10 heteroatoms. The van der Waals surface area contributed by atoms with Gasteiger partial charge in [-0.05, 0) is 43.4 Å². The lowest BCUT2D eigenvalue weighted by Crippen LogP contribution is -2.27. The molecule has 0 saturated heterocycles. The van der Waals surface area contributed by atoms with Crippen molar-refractivity contribution < 1.29 is 17.6 Å². The predicted octanol–water partition coefficient (Wildman–Crippen LogP) is 4.82. The van der Waals surface area contributed by atoms with Crippen molar-refractivity contribution in [3.63, 3.8) is 0 Å². The van der Waals surface area contributed by atoms with Gasteiger partial charge in [-0.3, -0.25) is 9.38 Å². The number of rotatable bonds is 2. The first-order chi connectivity index (χ1) is 16.3. The lowest BCUT2D eigenvalue weighted by Gasteiger charge is -2.31. The van der Waals surface area contributed by atoms with Crippen molar-refractivity contribution in [3.8, 4) is 11.8 Å². The predicted molar refractivity (Wildman–Crippen MR) is 117 cm³/mol. The summed E-state index contributed by atoms with van der Waals surface area (Å²) >= 11 is 0. The van der Waals surface area contributed by atoms with Crippen molar-refractivity contribution in [1.82, 2.24) is 24.6 Å². The van der Waals surface area contributed by atoms with Crippen molar-refractivity contribution in [2.24, 2.45) is 5.41 Å². The molecular formula is C24H18F4N6. The number of halogens is 4. The number of anilines is 2. The van der Waals surface area contributed by atoms with E-state index in [1.54, 1.807) is 17.3 Å². The third-order valence-electron chi connectivity index (χ3n) is 6.71. The monoisotopic (exact) mass is 466 g/mol. The molecule has 3 aromatic heterocycles. The Balaban J connectivity index is 1.53. The van der Waals surface area contributed by atoms with Crippen LogP contribution in [0.4, 0.5) is 29.1 Å². The molecule has 34 heavy (non-hydrogen) atoms. The second kappa shape index (κ2) is 7.13. The summed E-state index contributed by atoms with van der Waals surface area (Å²) in [6, 6.07) is 2.51. The average molecular weight is 466 g/mol. The van der Waals surface area contributed by atoms with E-state index in [4.69, 9.17) is 0 Å². The average Bonchev–Trinajstić information content (AvgIpc) is 3.48. The van der Waals surface area contributed by atoms with E-state index in [9.17, 15) is 13.2 Å². The zero-order valence-electron chi connectivity index (χ0n) is 18.1. The van der Waals surface area contributed by atoms with Crippen molar-refractivity contribution in [2.45, 2.75) is 38.5 Å². The van der Waals surface area contributed by atoms with Crippen LogP contribution in [-0.4, -0.2) is 37.0 Å². The minimum atomic E-state index is -2.88. The van der Waals surface area contributed by atoms with Crippen LogP contribution < -0.4 is 4.90 Å². The molecule has 0 amide bonds. The van der Waals surface area contributed by atoms with Crippen LogP contribution in [0.2, 0.25) is 0 Å². The summed E-state index contributed by atoms with van der Waals surface area (Å²) in [5.41, 5.74) is 1.09. The molecular weight excluding hydrogens is 448 g/mol. The summed E-state index contributed by atoms with van der Waals surface area (Å²) in [5.74, 6) is 1.27. The molecule has 0 atom stereocenters. The number of hydrogen-bond acceptors (Lipinski definition) is 5. The Morgan fingerprint density at radius 3 is 2.74 bits per heavy atom. The van der Waals surface area contributed by atoms with E-state index in [0.717, 1.165) is 18.6 Å². The first kappa shape index (κ1) is 20.8. The molecule has 1 aliphatic heterocycles. The second-order valence-electron chi connectivity index (χ2n) is 8.85. The summed E-state index contributed by atoms with van der Waals surface area (Å²) in [5, 5.41) is 7.83. The number of pyridine rings is 1. The summed E-state index contributed by atoms with van der Waals surface area (Å²) < 4.78 is 58.8. The Morgan fingerprint density at radius 1 is 1.15 bits per heavy atom. The van der Waals surface area contributed by atoms with Crippen LogP contribution in [0, 0.1) is 28.9 Å². The van der Waals surface area contributed by atoms with Gasteiger partial charge in [-0.2, -0.15) is 4.98 Å². The fourth-order valence-electron chi connectivity index (χ4n) is 4.59. The van der Waals surface area contributed by atoms with Crippen LogP contribution in [0.15, 0.2) is 30.9 Å². The highest BCUT2D eigenvalue weighted by molar-refractivity contribution is 5.94. The van der Waals surface area contributed by atoms with Crippen LogP contribution in [0.5, 0.6) is 0 Å². The number of fused-ring (bicyclic) bond motifs is 4. The van der Waals surface area contributed by atoms with E-state index in [0.29, 0.717) is 49.0 Å². The van der Waals surface area contributed by atoms with Gasteiger partial charge in [-0.1, -0.05) is 11.8 Å². The molecule has 1 saturated carbocycles. The summed E-state index contributed by atoms with van der Waals surface area (Å²) in [6.07, 6.45) is 6.61. The highest BCUT2D eigenvalue weighted by atomic mass is 19.3. The van der Waals surface area contributed by atoms with Crippen LogP contribution in [0.3, 0.4) is 0 Å². The highest BCUT2D eigenvalue weighted by Crippen LogP contribution is 2.56. The van der Waals surface area contributed by atoms with Crippen LogP contribution in [0.1, 0.15) is 37.3 Å². The van der Waals surface area contributed by atoms with E-state index in [1.807, 2.05) is 0 Å². The van der Waals surface area contributed by atoms with E-state index < -0.39 is 23.0 Å². The molecule has 1 fully saturated rings. The Labute approximate surface area is 191 Å². The van der Waals surface area contributed by atoms with Gasteiger partial charge in [-0.15, -0.1) is 10.2 Å². The molecule has 6 rings (SSSR count). The largest absolute Gasteiger partial charge is 0.324 e. The zero-order chi connectivity index (χ0) is 23.7. The lowest BCUT2D eigenvalue weighted by molar-refractivity contribution is -0.0294. The quantitative estimate of drug-likeness (QED) is 0.313. The molecule has 1 aromatic carbocycles. The summed E-state index contributed by atoms with van der Waals surface area (Å²) in [4.78, 5) is 10.5. The van der Waals surface area contributed by atoms with Gasteiger partial charge >= 0.3 is 0 Å². The molecule has 0 bridgehead atoms. The van der Waals surface area contributed by atoms with Gasteiger partial charge in [0.05, 0.1) is 28.2 Å². The Bertz CT molecular complexity index is 1520. The Kier molecular flexibility index (Phi) is 4.37. The minimum absolute atomic E-state index is 0.000745.